The van der Waals surface area contributed by atoms with Crippen LogP contribution in [0.4, 0.5) is 0 Å². The fraction of sp³-hybridized carbons (Fsp3) is 0.879. The van der Waals surface area contributed by atoms with Crippen LogP contribution < -0.4 is 5.32 Å². The number of esters is 1. The second kappa shape index (κ2) is 61.6. The summed E-state index contributed by atoms with van der Waals surface area (Å²) in [5.74, 6) is -0.0581. The number of aliphatic hydroxyl groups excluding tert-OH is 2. The molecule has 424 valence electrons. The molecule has 2 unspecified atom stereocenters. The first-order chi connectivity index (χ1) is 35.5. The largest absolute Gasteiger partial charge is 0.466 e. The molecule has 0 rings (SSSR count). The van der Waals surface area contributed by atoms with Crippen LogP contribution in [0.25, 0.3) is 0 Å². The summed E-state index contributed by atoms with van der Waals surface area (Å²) in [5, 5.41) is 23.0. The van der Waals surface area contributed by atoms with Gasteiger partial charge in [-0.2, -0.15) is 0 Å². The van der Waals surface area contributed by atoms with Gasteiger partial charge in [0.2, 0.25) is 5.91 Å². The molecule has 0 spiro atoms. The molecule has 6 heteroatoms. The molecule has 1 amide bonds. The lowest BCUT2D eigenvalue weighted by Crippen LogP contribution is -2.45. The van der Waals surface area contributed by atoms with Gasteiger partial charge in [0.05, 0.1) is 25.4 Å². The molecule has 0 saturated heterocycles. The molecular weight excluding hydrogens is 887 g/mol. The maximum atomic E-state index is 12.4. The third kappa shape index (κ3) is 57.4. The van der Waals surface area contributed by atoms with E-state index in [2.05, 4.69) is 43.5 Å². The van der Waals surface area contributed by atoms with Gasteiger partial charge >= 0.3 is 5.97 Å². The highest BCUT2D eigenvalue weighted by Crippen LogP contribution is 2.17. The number of rotatable bonds is 60. The highest BCUT2D eigenvalue weighted by atomic mass is 16.5. The van der Waals surface area contributed by atoms with Gasteiger partial charge in [-0.25, -0.2) is 0 Å². The second-order valence-electron chi connectivity index (χ2n) is 22.1. The van der Waals surface area contributed by atoms with E-state index in [0.717, 1.165) is 44.9 Å². The normalized spacial score (nSPS) is 12.8. The minimum Gasteiger partial charge on any atom is -0.466 e. The summed E-state index contributed by atoms with van der Waals surface area (Å²) in [6, 6.07) is -0.624. The van der Waals surface area contributed by atoms with Crippen molar-refractivity contribution in [1.82, 2.24) is 5.32 Å². The summed E-state index contributed by atoms with van der Waals surface area (Å²) in [4.78, 5) is 24.4. The SMILES string of the molecule is CCCCC/C=C\CCCCCCCC(=O)OCCCCCCCCCCCCCC/C=C\CCCCCCCCCCCCCCCCCCC(=O)NC(CO)C(O)/C=C/CCCCCCCCCCC. The van der Waals surface area contributed by atoms with Gasteiger partial charge in [0, 0.05) is 12.8 Å². The summed E-state index contributed by atoms with van der Waals surface area (Å²) in [6.07, 6.45) is 77.9. The quantitative estimate of drug-likeness (QED) is 0.0320. The van der Waals surface area contributed by atoms with Crippen molar-refractivity contribution in [3.05, 3.63) is 36.5 Å². The number of allylic oxidation sites excluding steroid dienone is 5. The first kappa shape index (κ1) is 70.1. The van der Waals surface area contributed by atoms with Crippen LogP contribution in [0.1, 0.15) is 348 Å². The zero-order chi connectivity index (χ0) is 52.2. The number of nitrogens with one attached hydrogen (secondary N) is 1. The molecule has 0 aliphatic rings. The Bertz CT molecular complexity index is 1170. The molecule has 0 aromatic heterocycles. The zero-order valence-electron chi connectivity index (χ0n) is 48.4. The Morgan fingerprint density at radius 2 is 0.653 bits per heavy atom. The van der Waals surface area contributed by atoms with Gasteiger partial charge in [0.25, 0.3) is 0 Å². The summed E-state index contributed by atoms with van der Waals surface area (Å²) >= 11 is 0. The molecule has 0 heterocycles. The Hall–Kier alpha value is -1.92. The standard InChI is InChI=1S/C66H125NO5/c1-3-5-7-9-11-13-15-40-44-48-52-56-60-66(71)72-61-57-53-49-45-41-37-35-33-31-29-27-25-23-21-19-17-16-18-20-22-24-26-28-30-32-34-36-39-43-47-51-55-59-65(70)67-63(62-68)64(69)58-54-50-46-42-38-14-12-10-8-6-4-2/h11,13,19,21,54,58,63-64,68-69H,3-10,12,14-18,20,22-53,55-57,59-62H2,1-2H3,(H,67,70)/b13-11-,21-19-,58-54+. The highest BCUT2D eigenvalue weighted by Gasteiger charge is 2.18. The Kier molecular flexibility index (Phi) is 60.0. The van der Waals surface area contributed by atoms with Gasteiger partial charge in [0.15, 0.2) is 0 Å². The summed E-state index contributed by atoms with van der Waals surface area (Å²) in [5.41, 5.74) is 0. The average Bonchev–Trinajstić information content (AvgIpc) is 3.38. The lowest BCUT2D eigenvalue weighted by molar-refractivity contribution is -0.143. The van der Waals surface area contributed by atoms with Gasteiger partial charge in [-0.3, -0.25) is 9.59 Å². The van der Waals surface area contributed by atoms with Crippen molar-refractivity contribution >= 4 is 11.9 Å². The number of unbranched alkanes of at least 4 members (excludes halogenated alkanes) is 45. The minimum atomic E-state index is -0.841. The highest BCUT2D eigenvalue weighted by molar-refractivity contribution is 5.76. The summed E-state index contributed by atoms with van der Waals surface area (Å²) < 4.78 is 5.47. The Morgan fingerprint density at radius 1 is 0.375 bits per heavy atom. The lowest BCUT2D eigenvalue weighted by Gasteiger charge is -2.20. The predicted molar refractivity (Wildman–Crippen MR) is 315 cm³/mol. The van der Waals surface area contributed by atoms with Gasteiger partial charge in [0.1, 0.15) is 0 Å². The van der Waals surface area contributed by atoms with Crippen molar-refractivity contribution in [2.75, 3.05) is 13.2 Å². The molecule has 0 saturated carbocycles. The van der Waals surface area contributed by atoms with Crippen LogP contribution in [-0.2, 0) is 14.3 Å². The fourth-order valence-electron chi connectivity index (χ4n) is 9.92. The number of amides is 1. The first-order valence-electron chi connectivity index (χ1n) is 32.3. The maximum absolute atomic E-state index is 12.4. The third-order valence-corrected chi connectivity index (χ3v) is 14.9. The molecule has 0 aromatic rings. The number of aliphatic hydroxyl groups is 2. The van der Waals surface area contributed by atoms with Crippen molar-refractivity contribution in [2.45, 2.75) is 360 Å². The van der Waals surface area contributed by atoms with E-state index in [1.165, 1.54) is 276 Å². The van der Waals surface area contributed by atoms with Gasteiger partial charge in [-0.1, -0.05) is 288 Å². The van der Waals surface area contributed by atoms with E-state index in [0.29, 0.717) is 19.4 Å². The van der Waals surface area contributed by atoms with Crippen LogP contribution in [0.3, 0.4) is 0 Å². The monoisotopic (exact) mass is 1010 g/mol. The van der Waals surface area contributed by atoms with Crippen LogP contribution in [0, 0.1) is 0 Å². The maximum Gasteiger partial charge on any atom is 0.305 e. The number of carbonyl (C=O) groups is 2. The molecule has 2 atom stereocenters. The third-order valence-electron chi connectivity index (χ3n) is 14.9. The van der Waals surface area contributed by atoms with Crippen LogP contribution in [0.2, 0.25) is 0 Å². The van der Waals surface area contributed by atoms with Gasteiger partial charge in [-0.05, 0) is 83.5 Å². The molecule has 6 nitrogen and oxygen atoms in total. The molecule has 72 heavy (non-hydrogen) atoms. The number of carbonyl (C=O) groups excluding carboxylic acids is 2. The minimum absolute atomic E-state index is 0.00767. The molecule has 0 aromatic carbocycles. The zero-order valence-corrected chi connectivity index (χ0v) is 48.4. The molecule has 0 aliphatic heterocycles. The van der Waals surface area contributed by atoms with E-state index in [1.807, 2.05) is 6.08 Å². The molecular formula is C66H125NO5. The predicted octanol–water partition coefficient (Wildman–Crippen LogP) is 20.4. The summed E-state index contributed by atoms with van der Waals surface area (Å²) in [6.45, 7) is 4.88. The Morgan fingerprint density at radius 3 is 1.01 bits per heavy atom. The van der Waals surface area contributed by atoms with E-state index in [1.54, 1.807) is 6.08 Å². The molecule has 0 radical (unpaired) electrons. The van der Waals surface area contributed by atoms with Crippen molar-refractivity contribution in [1.29, 1.82) is 0 Å². The van der Waals surface area contributed by atoms with E-state index >= 15 is 0 Å². The second-order valence-corrected chi connectivity index (χ2v) is 22.1. The van der Waals surface area contributed by atoms with Gasteiger partial charge < -0.3 is 20.3 Å². The smallest absolute Gasteiger partial charge is 0.305 e. The van der Waals surface area contributed by atoms with Crippen molar-refractivity contribution in [3.63, 3.8) is 0 Å². The number of hydrogen-bond acceptors (Lipinski definition) is 5. The van der Waals surface area contributed by atoms with Crippen LogP contribution in [-0.4, -0.2) is 47.4 Å². The van der Waals surface area contributed by atoms with Crippen molar-refractivity contribution in [3.8, 4) is 0 Å². The van der Waals surface area contributed by atoms with Crippen LogP contribution in [0.15, 0.2) is 36.5 Å². The fourth-order valence-corrected chi connectivity index (χ4v) is 9.92. The van der Waals surface area contributed by atoms with Crippen LogP contribution >= 0.6 is 0 Å². The molecule has 0 bridgehead atoms. The van der Waals surface area contributed by atoms with Crippen molar-refractivity contribution in [2.24, 2.45) is 0 Å². The molecule has 0 fully saturated rings. The number of ether oxygens (including phenoxy) is 1. The molecule has 0 aliphatic carbocycles. The Balaban J connectivity index is 3.35. The van der Waals surface area contributed by atoms with E-state index in [4.69, 9.17) is 4.74 Å². The summed E-state index contributed by atoms with van der Waals surface area (Å²) in [7, 11) is 0. The Labute approximate surface area is 449 Å². The average molecular weight is 1010 g/mol. The van der Waals surface area contributed by atoms with Gasteiger partial charge in [-0.15, -0.1) is 0 Å². The van der Waals surface area contributed by atoms with E-state index in [-0.39, 0.29) is 18.5 Å². The lowest BCUT2D eigenvalue weighted by atomic mass is 10.0. The van der Waals surface area contributed by atoms with Crippen LogP contribution in [0.5, 0.6) is 0 Å². The number of hydrogen-bond donors (Lipinski definition) is 3. The van der Waals surface area contributed by atoms with E-state index in [9.17, 15) is 19.8 Å². The topological polar surface area (TPSA) is 95.9 Å². The van der Waals surface area contributed by atoms with Crippen molar-refractivity contribution < 1.29 is 24.5 Å². The molecule has 3 N–H and O–H groups in total. The first-order valence-corrected chi connectivity index (χ1v) is 32.3. The van der Waals surface area contributed by atoms with E-state index < -0.39 is 12.1 Å².